The molecule has 130 valence electrons. The molecule has 3 aromatic rings. The normalized spacial score (nSPS) is 14.9. The molecule has 8 heteroatoms. The summed E-state index contributed by atoms with van der Waals surface area (Å²) in [6.45, 7) is 3.48. The van der Waals surface area contributed by atoms with Crippen molar-refractivity contribution >= 4 is 22.3 Å². The van der Waals surface area contributed by atoms with Crippen LogP contribution in [0.4, 0.5) is 10.9 Å². The van der Waals surface area contributed by atoms with Crippen molar-refractivity contribution in [3.05, 3.63) is 52.8 Å². The predicted octanol–water partition coefficient (Wildman–Crippen LogP) is 2.32. The number of hydrogen-bond donors (Lipinski definition) is 2. The quantitative estimate of drug-likeness (QED) is 0.724. The molecule has 0 bridgehead atoms. The van der Waals surface area contributed by atoms with E-state index in [1.807, 2.05) is 17.7 Å². The third kappa shape index (κ3) is 3.80. The molecule has 0 spiro atoms. The van der Waals surface area contributed by atoms with Crippen LogP contribution in [0, 0.1) is 0 Å². The first-order valence-corrected chi connectivity index (χ1v) is 9.16. The second kappa shape index (κ2) is 7.20. The van der Waals surface area contributed by atoms with Crippen LogP contribution < -0.4 is 11.1 Å². The van der Waals surface area contributed by atoms with Gasteiger partial charge in [-0.25, -0.2) is 15.0 Å². The molecule has 0 aromatic carbocycles. The Morgan fingerprint density at radius 1 is 1.28 bits per heavy atom. The van der Waals surface area contributed by atoms with E-state index in [2.05, 4.69) is 25.2 Å². The van der Waals surface area contributed by atoms with E-state index >= 15 is 0 Å². The number of nitrogens with zero attached hydrogens (tertiary/aromatic N) is 4. The molecule has 4 heterocycles. The molecule has 0 saturated carbocycles. The van der Waals surface area contributed by atoms with Gasteiger partial charge in [0.25, 0.3) is 0 Å². The van der Waals surface area contributed by atoms with Crippen LogP contribution in [0.1, 0.15) is 22.5 Å². The van der Waals surface area contributed by atoms with Gasteiger partial charge in [-0.1, -0.05) is 0 Å². The summed E-state index contributed by atoms with van der Waals surface area (Å²) in [6.07, 6.45) is 7.02. The molecule has 4 rings (SSSR count). The molecular formula is C17H20N6OS. The van der Waals surface area contributed by atoms with Crippen LogP contribution in [0.25, 0.3) is 0 Å². The molecule has 0 fully saturated rings. The molecule has 0 unspecified atom stereocenters. The number of furan rings is 1. The second-order valence-corrected chi connectivity index (χ2v) is 6.98. The van der Waals surface area contributed by atoms with E-state index in [4.69, 9.17) is 10.2 Å². The smallest absolute Gasteiger partial charge is 0.180 e. The van der Waals surface area contributed by atoms with Crippen molar-refractivity contribution in [1.82, 2.24) is 19.9 Å². The lowest BCUT2D eigenvalue weighted by Crippen LogP contribution is -2.25. The third-order valence-corrected chi connectivity index (χ3v) is 5.09. The van der Waals surface area contributed by atoms with Crippen molar-refractivity contribution in [3.8, 4) is 0 Å². The van der Waals surface area contributed by atoms with Gasteiger partial charge >= 0.3 is 0 Å². The Morgan fingerprint density at radius 3 is 3.00 bits per heavy atom. The number of hydrogen-bond acceptors (Lipinski definition) is 8. The van der Waals surface area contributed by atoms with Crippen molar-refractivity contribution < 1.29 is 4.42 Å². The van der Waals surface area contributed by atoms with Crippen LogP contribution >= 0.6 is 11.3 Å². The van der Waals surface area contributed by atoms with Gasteiger partial charge in [-0.05, 0) is 12.5 Å². The number of rotatable bonds is 5. The zero-order valence-electron chi connectivity index (χ0n) is 13.8. The molecule has 1 aliphatic rings. The van der Waals surface area contributed by atoms with E-state index in [0.717, 1.165) is 49.7 Å². The van der Waals surface area contributed by atoms with Gasteiger partial charge in [-0.2, -0.15) is 0 Å². The molecule has 0 amide bonds. The van der Waals surface area contributed by atoms with E-state index in [0.29, 0.717) is 11.7 Å². The topological polar surface area (TPSA) is 93.1 Å². The predicted molar refractivity (Wildman–Crippen MR) is 97.3 cm³/mol. The molecule has 7 nitrogen and oxygen atoms in total. The molecule has 25 heavy (non-hydrogen) atoms. The average Bonchev–Trinajstić information content (AvgIpc) is 3.22. The maximum atomic E-state index is 5.69. The minimum absolute atomic E-state index is 0.591. The number of thiazole rings is 1. The molecular weight excluding hydrogens is 336 g/mol. The lowest BCUT2D eigenvalue weighted by molar-refractivity contribution is 0.278. The van der Waals surface area contributed by atoms with Crippen LogP contribution in [0.2, 0.25) is 0 Å². The lowest BCUT2D eigenvalue weighted by atomic mass is 10.1. The zero-order valence-corrected chi connectivity index (χ0v) is 14.6. The minimum Gasteiger partial charge on any atom is -0.472 e. The Labute approximate surface area is 149 Å². The van der Waals surface area contributed by atoms with E-state index in [9.17, 15) is 0 Å². The van der Waals surface area contributed by atoms with Crippen molar-refractivity contribution in [2.75, 3.05) is 24.1 Å². The van der Waals surface area contributed by atoms with Crippen molar-refractivity contribution in [3.63, 3.8) is 0 Å². The molecule has 0 saturated heterocycles. The summed E-state index contributed by atoms with van der Waals surface area (Å²) in [5, 5.41) is 5.95. The Morgan fingerprint density at radius 2 is 2.20 bits per heavy atom. The number of fused-ring (bicyclic) bond motifs is 1. The SMILES string of the molecule is Nc1nc(CNc2ncnc3c2CCN(Cc2ccoc2)CC3)cs1. The van der Waals surface area contributed by atoms with Crippen molar-refractivity contribution in [1.29, 1.82) is 0 Å². The van der Waals surface area contributed by atoms with E-state index in [-0.39, 0.29) is 0 Å². The number of nitrogen functional groups attached to an aromatic ring is 1. The van der Waals surface area contributed by atoms with Crippen LogP contribution in [0.15, 0.2) is 34.7 Å². The number of nitrogens with one attached hydrogen (secondary N) is 1. The first kappa shape index (κ1) is 16.0. The summed E-state index contributed by atoms with van der Waals surface area (Å²) in [5.41, 5.74) is 10.2. The molecule has 1 aliphatic heterocycles. The van der Waals surface area contributed by atoms with Gasteiger partial charge in [0.15, 0.2) is 5.13 Å². The van der Waals surface area contributed by atoms with E-state index < -0.39 is 0 Å². The molecule has 0 atom stereocenters. The standard InChI is InChI=1S/C17H20N6OS/c18-17-22-13(10-25-17)7-19-16-14-1-4-23(8-12-3-6-24-9-12)5-2-15(14)20-11-21-16/h3,6,9-11H,1-2,4-5,7-8H2,(H2,18,22)(H,19,20,21). The largest absolute Gasteiger partial charge is 0.472 e. The van der Waals surface area contributed by atoms with Gasteiger partial charge in [0.1, 0.15) is 12.1 Å². The van der Waals surface area contributed by atoms with Crippen LogP contribution in [0.3, 0.4) is 0 Å². The van der Waals surface area contributed by atoms with Gasteiger partial charge < -0.3 is 15.5 Å². The van der Waals surface area contributed by atoms with Gasteiger partial charge in [0.2, 0.25) is 0 Å². The average molecular weight is 356 g/mol. The molecule has 0 aliphatic carbocycles. The summed E-state index contributed by atoms with van der Waals surface area (Å²) >= 11 is 1.45. The number of anilines is 2. The fourth-order valence-corrected chi connectivity index (χ4v) is 3.66. The molecule has 0 radical (unpaired) electrons. The van der Waals surface area contributed by atoms with Crippen LogP contribution in [0.5, 0.6) is 0 Å². The van der Waals surface area contributed by atoms with Crippen LogP contribution in [-0.4, -0.2) is 32.9 Å². The fourth-order valence-electron chi connectivity index (χ4n) is 3.10. The maximum Gasteiger partial charge on any atom is 0.180 e. The minimum atomic E-state index is 0.591. The Hall–Kier alpha value is -2.45. The Balaban J connectivity index is 1.44. The maximum absolute atomic E-state index is 5.69. The molecule has 3 N–H and O–H groups in total. The van der Waals surface area contributed by atoms with Crippen molar-refractivity contribution in [2.24, 2.45) is 0 Å². The van der Waals surface area contributed by atoms with E-state index in [1.165, 1.54) is 22.5 Å². The van der Waals surface area contributed by atoms with Gasteiger partial charge in [0.05, 0.1) is 30.5 Å². The first-order chi connectivity index (χ1) is 12.3. The molecule has 3 aromatic heterocycles. The summed E-state index contributed by atoms with van der Waals surface area (Å²) in [6, 6.07) is 2.02. The van der Waals surface area contributed by atoms with E-state index in [1.54, 1.807) is 12.6 Å². The van der Waals surface area contributed by atoms with Gasteiger partial charge in [0, 0.05) is 42.6 Å². The number of aromatic nitrogens is 3. The Bertz CT molecular complexity index is 832. The third-order valence-electron chi connectivity index (χ3n) is 4.37. The monoisotopic (exact) mass is 356 g/mol. The highest BCUT2D eigenvalue weighted by molar-refractivity contribution is 7.13. The van der Waals surface area contributed by atoms with Gasteiger partial charge in [-0.15, -0.1) is 11.3 Å². The number of nitrogens with two attached hydrogens (primary N) is 1. The summed E-state index contributed by atoms with van der Waals surface area (Å²) < 4.78 is 5.17. The summed E-state index contributed by atoms with van der Waals surface area (Å²) in [4.78, 5) is 15.7. The zero-order chi connectivity index (χ0) is 17.1. The summed E-state index contributed by atoms with van der Waals surface area (Å²) in [5.74, 6) is 0.904. The lowest BCUT2D eigenvalue weighted by Gasteiger charge is -2.18. The summed E-state index contributed by atoms with van der Waals surface area (Å²) in [7, 11) is 0. The van der Waals surface area contributed by atoms with Crippen LogP contribution in [-0.2, 0) is 25.9 Å². The highest BCUT2D eigenvalue weighted by atomic mass is 32.1. The first-order valence-electron chi connectivity index (χ1n) is 8.28. The highest BCUT2D eigenvalue weighted by Crippen LogP contribution is 2.22. The fraction of sp³-hybridized carbons (Fsp3) is 0.353. The second-order valence-electron chi connectivity index (χ2n) is 6.09. The van der Waals surface area contributed by atoms with Crippen molar-refractivity contribution in [2.45, 2.75) is 25.9 Å². The van der Waals surface area contributed by atoms with Gasteiger partial charge in [-0.3, -0.25) is 4.90 Å². The Kier molecular flexibility index (Phi) is 4.62. The highest BCUT2D eigenvalue weighted by Gasteiger charge is 2.19.